The van der Waals surface area contributed by atoms with E-state index in [0.717, 1.165) is 21.3 Å². The summed E-state index contributed by atoms with van der Waals surface area (Å²) < 4.78 is 0.905. The molecule has 0 bridgehead atoms. The van der Waals surface area contributed by atoms with E-state index < -0.39 is 4.92 Å². The number of aryl methyl sites for hydroxylation is 1. The van der Waals surface area contributed by atoms with E-state index in [2.05, 4.69) is 26.2 Å². The monoisotopic (exact) mass is 321 g/mol. The Morgan fingerprint density at radius 1 is 1.37 bits per heavy atom. The van der Waals surface area contributed by atoms with Crippen molar-refractivity contribution >= 4 is 27.3 Å². The molecule has 2 rings (SSSR count). The summed E-state index contributed by atoms with van der Waals surface area (Å²) in [6.07, 6.45) is 3.46. The summed E-state index contributed by atoms with van der Waals surface area (Å²) in [5, 5.41) is 13.9. The van der Waals surface area contributed by atoms with Gasteiger partial charge in [0.25, 0.3) is 5.69 Å². The van der Waals surface area contributed by atoms with Gasteiger partial charge in [-0.05, 0) is 40.0 Å². The highest BCUT2D eigenvalue weighted by Crippen LogP contribution is 2.22. The van der Waals surface area contributed by atoms with Crippen LogP contribution in [0.3, 0.4) is 0 Å². The molecule has 0 amide bonds. The largest absolute Gasteiger partial charge is 0.380 e. The van der Waals surface area contributed by atoms with Crippen LogP contribution in [0.1, 0.15) is 11.1 Å². The van der Waals surface area contributed by atoms with Crippen LogP contribution in [0.2, 0.25) is 0 Å². The van der Waals surface area contributed by atoms with E-state index in [1.807, 2.05) is 13.0 Å². The Labute approximate surface area is 119 Å². The Hall–Kier alpha value is -1.95. The summed E-state index contributed by atoms with van der Waals surface area (Å²) in [5.41, 5.74) is 2.81. The van der Waals surface area contributed by atoms with Crippen LogP contribution in [0.15, 0.2) is 41.1 Å². The highest BCUT2D eigenvalue weighted by Gasteiger charge is 2.08. The average molecular weight is 322 g/mol. The molecule has 2 aromatic rings. The number of rotatable bonds is 4. The van der Waals surface area contributed by atoms with Crippen molar-refractivity contribution in [1.82, 2.24) is 4.98 Å². The van der Waals surface area contributed by atoms with Crippen LogP contribution in [-0.4, -0.2) is 9.91 Å². The molecule has 98 valence electrons. The molecule has 0 fully saturated rings. The third-order valence-electron chi connectivity index (χ3n) is 2.68. The zero-order chi connectivity index (χ0) is 13.8. The minimum Gasteiger partial charge on any atom is -0.380 e. The van der Waals surface area contributed by atoms with Gasteiger partial charge in [-0.15, -0.1) is 0 Å². The van der Waals surface area contributed by atoms with Crippen molar-refractivity contribution < 1.29 is 4.92 Å². The second kappa shape index (κ2) is 5.79. The maximum Gasteiger partial charge on any atom is 0.271 e. The molecule has 1 N–H and O–H groups in total. The standard InChI is InChI=1S/C13H12BrN3O2/c1-9-2-3-12(17(18)19)5-13(9)16-7-10-4-11(14)8-15-6-10/h2-6,8,16H,7H2,1H3. The predicted octanol–water partition coefficient (Wildman–Crippen LogP) is 3.67. The van der Waals surface area contributed by atoms with Gasteiger partial charge in [0.2, 0.25) is 0 Å². The van der Waals surface area contributed by atoms with E-state index in [4.69, 9.17) is 0 Å². The van der Waals surface area contributed by atoms with Crippen molar-refractivity contribution in [3.05, 3.63) is 62.4 Å². The van der Waals surface area contributed by atoms with Gasteiger partial charge in [0.05, 0.1) is 4.92 Å². The molecule has 0 unspecified atom stereocenters. The van der Waals surface area contributed by atoms with Crippen molar-refractivity contribution in [2.75, 3.05) is 5.32 Å². The molecular formula is C13H12BrN3O2. The lowest BCUT2D eigenvalue weighted by molar-refractivity contribution is -0.384. The van der Waals surface area contributed by atoms with Gasteiger partial charge >= 0.3 is 0 Å². The van der Waals surface area contributed by atoms with Gasteiger partial charge in [0.1, 0.15) is 0 Å². The van der Waals surface area contributed by atoms with Gasteiger partial charge in [0.15, 0.2) is 0 Å². The van der Waals surface area contributed by atoms with Crippen molar-refractivity contribution in [3.63, 3.8) is 0 Å². The normalized spacial score (nSPS) is 10.2. The van der Waals surface area contributed by atoms with E-state index in [0.29, 0.717) is 6.54 Å². The predicted molar refractivity (Wildman–Crippen MR) is 77.1 cm³/mol. The first kappa shape index (κ1) is 13.5. The van der Waals surface area contributed by atoms with E-state index in [1.165, 1.54) is 6.07 Å². The quantitative estimate of drug-likeness (QED) is 0.689. The molecule has 0 aliphatic carbocycles. The molecule has 6 heteroatoms. The van der Waals surface area contributed by atoms with Crippen molar-refractivity contribution in [3.8, 4) is 0 Å². The van der Waals surface area contributed by atoms with Crippen LogP contribution in [0.25, 0.3) is 0 Å². The minimum absolute atomic E-state index is 0.0838. The van der Waals surface area contributed by atoms with Gasteiger partial charge in [-0.25, -0.2) is 0 Å². The fraction of sp³-hybridized carbons (Fsp3) is 0.154. The second-order valence-electron chi connectivity index (χ2n) is 4.12. The molecule has 19 heavy (non-hydrogen) atoms. The van der Waals surface area contributed by atoms with E-state index in [-0.39, 0.29) is 5.69 Å². The third kappa shape index (κ3) is 3.51. The van der Waals surface area contributed by atoms with Crippen LogP contribution < -0.4 is 5.32 Å². The SMILES string of the molecule is Cc1ccc([N+](=O)[O-])cc1NCc1cncc(Br)c1. The van der Waals surface area contributed by atoms with Crippen molar-refractivity contribution in [1.29, 1.82) is 0 Å². The Morgan fingerprint density at radius 2 is 2.16 bits per heavy atom. The average Bonchev–Trinajstić information content (AvgIpc) is 2.37. The lowest BCUT2D eigenvalue weighted by Gasteiger charge is -2.09. The first-order valence-electron chi connectivity index (χ1n) is 5.64. The molecular weight excluding hydrogens is 310 g/mol. The van der Waals surface area contributed by atoms with Gasteiger partial charge in [-0.2, -0.15) is 0 Å². The summed E-state index contributed by atoms with van der Waals surface area (Å²) in [4.78, 5) is 14.4. The zero-order valence-corrected chi connectivity index (χ0v) is 11.8. The van der Waals surface area contributed by atoms with Gasteiger partial charge in [-0.1, -0.05) is 6.07 Å². The number of nitro benzene ring substituents is 1. The van der Waals surface area contributed by atoms with Crippen LogP contribution in [0.5, 0.6) is 0 Å². The van der Waals surface area contributed by atoms with Crippen molar-refractivity contribution in [2.45, 2.75) is 13.5 Å². The second-order valence-corrected chi connectivity index (χ2v) is 5.04. The number of aromatic nitrogens is 1. The Balaban J connectivity index is 2.15. The molecule has 5 nitrogen and oxygen atoms in total. The van der Waals surface area contributed by atoms with Crippen LogP contribution in [-0.2, 0) is 6.54 Å². The number of benzene rings is 1. The number of nitrogens with one attached hydrogen (secondary N) is 1. The molecule has 0 saturated heterocycles. The number of hydrogen-bond donors (Lipinski definition) is 1. The maximum absolute atomic E-state index is 10.7. The number of non-ortho nitro benzene ring substituents is 1. The Morgan fingerprint density at radius 3 is 2.84 bits per heavy atom. The fourth-order valence-corrected chi connectivity index (χ4v) is 2.08. The lowest BCUT2D eigenvalue weighted by Crippen LogP contribution is -2.02. The molecule has 0 aliphatic heterocycles. The summed E-state index contributed by atoms with van der Waals surface area (Å²) in [7, 11) is 0. The highest BCUT2D eigenvalue weighted by atomic mass is 79.9. The molecule has 0 atom stereocenters. The number of pyridine rings is 1. The molecule has 1 aromatic carbocycles. The third-order valence-corrected chi connectivity index (χ3v) is 3.11. The van der Waals surface area contributed by atoms with Gasteiger partial charge in [0, 0.05) is 41.2 Å². The van der Waals surface area contributed by atoms with Crippen LogP contribution in [0, 0.1) is 17.0 Å². The fourth-order valence-electron chi connectivity index (χ4n) is 1.66. The first-order valence-corrected chi connectivity index (χ1v) is 6.44. The number of anilines is 1. The van der Waals surface area contributed by atoms with Gasteiger partial charge < -0.3 is 5.32 Å². The molecule has 1 heterocycles. The number of halogens is 1. The van der Waals surface area contributed by atoms with Crippen molar-refractivity contribution in [2.24, 2.45) is 0 Å². The molecule has 0 spiro atoms. The summed E-state index contributed by atoms with van der Waals surface area (Å²) in [6.45, 7) is 2.47. The summed E-state index contributed by atoms with van der Waals surface area (Å²) >= 11 is 3.35. The maximum atomic E-state index is 10.7. The Kier molecular flexibility index (Phi) is 4.11. The van der Waals surface area contributed by atoms with Crippen LogP contribution in [0.4, 0.5) is 11.4 Å². The van der Waals surface area contributed by atoms with E-state index in [1.54, 1.807) is 24.5 Å². The summed E-state index contributed by atoms with van der Waals surface area (Å²) in [6, 6.07) is 6.73. The minimum atomic E-state index is -0.398. The molecule has 0 radical (unpaired) electrons. The Bertz CT molecular complexity index is 617. The number of nitro groups is 1. The topological polar surface area (TPSA) is 68.1 Å². The highest BCUT2D eigenvalue weighted by molar-refractivity contribution is 9.10. The first-order chi connectivity index (χ1) is 9.06. The van der Waals surface area contributed by atoms with Crippen LogP contribution >= 0.6 is 15.9 Å². The van der Waals surface area contributed by atoms with E-state index >= 15 is 0 Å². The molecule has 0 saturated carbocycles. The van der Waals surface area contributed by atoms with E-state index in [9.17, 15) is 10.1 Å². The van der Waals surface area contributed by atoms with Gasteiger partial charge in [-0.3, -0.25) is 15.1 Å². The smallest absolute Gasteiger partial charge is 0.271 e. The number of nitrogens with zero attached hydrogens (tertiary/aromatic N) is 2. The summed E-state index contributed by atoms with van der Waals surface area (Å²) in [5.74, 6) is 0. The molecule has 1 aromatic heterocycles. The lowest BCUT2D eigenvalue weighted by atomic mass is 10.1. The zero-order valence-electron chi connectivity index (χ0n) is 10.3. The number of hydrogen-bond acceptors (Lipinski definition) is 4. The molecule has 0 aliphatic rings.